The van der Waals surface area contributed by atoms with Gasteiger partial charge in [0.1, 0.15) is 6.10 Å². The minimum absolute atomic E-state index is 0.119. The molecule has 1 heterocycles. The number of ether oxygens (including phenoxy) is 1. The third-order valence-corrected chi connectivity index (χ3v) is 2.23. The standard InChI is InChI=1S/C8H10O3/c9-6-2-1-5-3-8(10)11-7(5)4-6/h3,6-7,9H,1-2,4H2/t6-,7-/m1/s1. The van der Waals surface area contributed by atoms with E-state index in [2.05, 4.69) is 0 Å². The molecule has 1 N–H and O–H groups in total. The van der Waals surface area contributed by atoms with Crippen LogP contribution in [0.5, 0.6) is 0 Å². The minimum Gasteiger partial charge on any atom is -0.455 e. The molecule has 0 unspecified atom stereocenters. The van der Waals surface area contributed by atoms with Gasteiger partial charge >= 0.3 is 5.97 Å². The highest BCUT2D eigenvalue weighted by Crippen LogP contribution is 2.30. The molecule has 1 aliphatic heterocycles. The summed E-state index contributed by atoms with van der Waals surface area (Å²) in [7, 11) is 0. The zero-order chi connectivity index (χ0) is 7.84. The first-order valence-electron chi connectivity index (χ1n) is 3.85. The highest BCUT2D eigenvalue weighted by molar-refractivity contribution is 5.85. The van der Waals surface area contributed by atoms with Gasteiger partial charge in [0.05, 0.1) is 6.10 Å². The number of aliphatic hydroxyl groups is 1. The Balaban J connectivity index is 2.13. The van der Waals surface area contributed by atoms with E-state index in [-0.39, 0.29) is 18.2 Å². The van der Waals surface area contributed by atoms with Gasteiger partial charge in [0.2, 0.25) is 0 Å². The second-order valence-electron chi connectivity index (χ2n) is 3.07. The molecule has 1 aliphatic carbocycles. The molecule has 1 fully saturated rings. The van der Waals surface area contributed by atoms with Crippen LogP contribution in [0.2, 0.25) is 0 Å². The summed E-state index contributed by atoms with van der Waals surface area (Å²) in [5.41, 5.74) is 1.06. The van der Waals surface area contributed by atoms with E-state index in [0.29, 0.717) is 6.42 Å². The van der Waals surface area contributed by atoms with Crippen LogP contribution in [0.3, 0.4) is 0 Å². The van der Waals surface area contributed by atoms with Crippen molar-refractivity contribution in [2.45, 2.75) is 31.5 Å². The molecule has 3 nitrogen and oxygen atoms in total. The van der Waals surface area contributed by atoms with E-state index in [1.165, 1.54) is 0 Å². The van der Waals surface area contributed by atoms with Crippen LogP contribution < -0.4 is 0 Å². The lowest BCUT2D eigenvalue weighted by Crippen LogP contribution is -2.25. The van der Waals surface area contributed by atoms with E-state index in [1.54, 1.807) is 6.08 Å². The lowest BCUT2D eigenvalue weighted by Gasteiger charge is -2.23. The number of fused-ring (bicyclic) bond motifs is 1. The second kappa shape index (κ2) is 2.34. The lowest BCUT2D eigenvalue weighted by atomic mass is 9.91. The Hall–Kier alpha value is -0.830. The van der Waals surface area contributed by atoms with Gasteiger partial charge in [-0.25, -0.2) is 4.79 Å². The molecule has 0 amide bonds. The van der Waals surface area contributed by atoms with Gasteiger partial charge in [-0.3, -0.25) is 0 Å². The summed E-state index contributed by atoms with van der Waals surface area (Å²) < 4.78 is 4.94. The van der Waals surface area contributed by atoms with Crippen LogP contribution in [0, 0.1) is 0 Å². The van der Waals surface area contributed by atoms with E-state index < -0.39 is 0 Å². The van der Waals surface area contributed by atoms with Crippen LogP contribution in [0.4, 0.5) is 0 Å². The number of carbonyl (C=O) groups excluding carboxylic acids is 1. The largest absolute Gasteiger partial charge is 0.455 e. The minimum atomic E-state index is -0.289. The van der Waals surface area contributed by atoms with Gasteiger partial charge in [-0.05, 0) is 18.4 Å². The lowest BCUT2D eigenvalue weighted by molar-refractivity contribution is -0.140. The Labute approximate surface area is 64.7 Å². The number of rotatable bonds is 0. The fourth-order valence-corrected chi connectivity index (χ4v) is 1.63. The van der Waals surface area contributed by atoms with E-state index in [4.69, 9.17) is 4.74 Å². The molecular weight excluding hydrogens is 144 g/mol. The van der Waals surface area contributed by atoms with E-state index in [9.17, 15) is 9.90 Å². The predicted octanol–water partition coefficient (Wildman–Crippen LogP) is 0.383. The van der Waals surface area contributed by atoms with Crippen molar-refractivity contribution >= 4 is 5.97 Å². The zero-order valence-electron chi connectivity index (χ0n) is 6.12. The highest BCUT2D eigenvalue weighted by Gasteiger charge is 2.31. The fourth-order valence-electron chi connectivity index (χ4n) is 1.63. The van der Waals surface area contributed by atoms with Crippen molar-refractivity contribution in [1.29, 1.82) is 0 Å². The Morgan fingerprint density at radius 3 is 3.27 bits per heavy atom. The van der Waals surface area contributed by atoms with Crippen molar-refractivity contribution in [2.75, 3.05) is 0 Å². The summed E-state index contributed by atoms with van der Waals surface area (Å²) >= 11 is 0. The molecule has 1 saturated carbocycles. The van der Waals surface area contributed by atoms with Gasteiger partial charge in [-0.2, -0.15) is 0 Å². The van der Waals surface area contributed by atoms with Crippen LogP contribution in [-0.4, -0.2) is 23.3 Å². The summed E-state index contributed by atoms with van der Waals surface area (Å²) in [5, 5.41) is 9.22. The molecule has 0 saturated heterocycles. The van der Waals surface area contributed by atoms with Gasteiger partial charge in [0.25, 0.3) is 0 Å². The average Bonchev–Trinajstić information content (AvgIpc) is 2.27. The third kappa shape index (κ3) is 1.16. The summed E-state index contributed by atoms with van der Waals surface area (Å²) in [6, 6.07) is 0. The monoisotopic (exact) mass is 154 g/mol. The molecule has 0 radical (unpaired) electrons. The molecule has 3 heteroatoms. The first-order valence-corrected chi connectivity index (χ1v) is 3.85. The normalized spacial score (nSPS) is 36.1. The summed E-state index contributed by atoms with van der Waals surface area (Å²) in [6.45, 7) is 0. The second-order valence-corrected chi connectivity index (χ2v) is 3.07. The van der Waals surface area contributed by atoms with Crippen molar-refractivity contribution in [3.63, 3.8) is 0 Å². The Morgan fingerprint density at radius 1 is 1.64 bits per heavy atom. The van der Waals surface area contributed by atoms with Crippen molar-refractivity contribution in [3.05, 3.63) is 11.6 Å². The van der Waals surface area contributed by atoms with Gasteiger partial charge in [0.15, 0.2) is 0 Å². The van der Waals surface area contributed by atoms with Crippen molar-refractivity contribution in [1.82, 2.24) is 0 Å². The fraction of sp³-hybridized carbons (Fsp3) is 0.625. The quantitative estimate of drug-likeness (QED) is 0.513. The molecule has 0 aromatic rings. The predicted molar refractivity (Wildman–Crippen MR) is 37.8 cm³/mol. The van der Waals surface area contributed by atoms with Crippen LogP contribution >= 0.6 is 0 Å². The molecule has 2 aliphatic rings. The number of hydrogen-bond acceptors (Lipinski definition) is 3. The van der Waals surface area contributed by atoms with Crippen molar-refractivity contribution < 1.29 is 14.6 Å². The number of hydrogen-bond donors (Lipinski definition) is 1. The van der Waals surface area contributed by atoms with Gasteiger partial charge in [0, 0.05) is 12.5 Å². The van der Waals surface area contributed by atoms with E-state index in [1.807, 2.05) is 0 Å². The highest BCUT2D eigenvalue weighted by atomic mass is 16.5. The molecule has 0 aromatic heterocycles. The Bertz CT molecular complexity index is 219. The Kier molecular flexibility index (Phi) is 1.46. The van der Waals surface area contributed by atoms with Crippen LogP contribution in [0.15, 0.2) is 11.6 Å². The molecular formula is C8H10O3. The zero-order valence-corrected chi connectivity index (χ0v) is 6.12. The molecule has 0 spiro atoms. The number of carbonyl (C=O) groups is 1. The maximum absolute atomic E-state index is 10.7. The molecule has 2 rings (SSSR count). The van der Waals surface area contributed by atoms with Crippen LogP contribution in [0.25, 0.3) is 0 Å². The van der Waals surface area contributed by atoms with Crippen molar-refractivity contribution in [3.8, 4) is 0 Å². The Morgan fingerprint density at radius 2 is 2.45 bits per heavy atom. The average molecular weight is 154 g/mol. The summed E-state index contributed by atoms with van der Waals surface area (Å²) in [6.07, 6.45) is 3.29. The SMILES string of the molecule is O=C1C=C2CC[C@@H](O)C[C@H]2O1. The molecule has 60 valence electrons. The molecule has 11 heavy (non-hydrogen) atoms. The van der Waals surface area contributed by atoms with Crippen molar-refractivity contribution in [2.24, 2.45) is 0 Å². The van der Waals surface area contributed by atoms with E-state index >= 15 is 0 Å². The topological polar surface area (TPSA) is 46.5 Å². The van der Waals surface area contributed by atoms with E-state index in [0.717, 1.165) is 18.4 Å². The van der Waals surface area contributed by atoms with Gasteiger partial charge < -0.3 is 9.84 Å². The molecule has 2 atom stereocenters. The maximum Gasteiger partial charge on any atom is 0.331 e. The first-order chi connectivity index (χ1) is 5.25. The smallest absolute Gasteiger partial charge is 0.331 e. The van der Waals surface area contributed by atoms with Gasteiger partial charge in [-0.15, -0.1) is 0 Å². The number of esters is 1. The summed E-state index contributed by atoms with van der Waals surface area (Å²) in [4.78, 5) is 10.7. The summed E-state index contributed by atoms with van der Waals surface area (Å²) in [5.74, 6) is -0.251. The third-order valence-electron chi connectivity index (χ3n) is 2.23. The van der Waals surface area contributed by atoms with Gasteiger partial charge in [-0.1, -0.05) is 0 Å². The van der Waals surface area contributed by atoms with Crippen LogP contribution in [-0.2, 0) is 9.53 Å². The molecule has 0 aromatic carbocycles. The number of aliphatic hydroxyl groups excluding tert-OH is 1. The molecule has 0 bridgehead atoms. The maximum atomic E-state index is 10.7. The first kappa shape index (κ1) is 6.85. The van der Waals surface area contributed by atoms with Crippen LogP contribution in [0.1, 0.15) is 19.3 Å².